The fraction of sp³-hybridized carbons (Fsp3) is 0.579. The van der Waals surface area contributed by atoms with Crippen LogP contribution in [0.5, 0.6) is 5.75 Å². The molecule has 3 atom stereocenters. The molecular formula is C19H24O4. The average Bonchev–Trinajstić information content (AvgIpc) is 2.46. The largest absolute Gasteiger partial charge is 0.507 e. The number of benzene rings is 1. The van der Waals surface area contributed by atoms with Crippen LogP contribution in [0.15, 0.2) is 12.1 Å². The van der Waals surface area contributed by atoms with Crippen LogP contribution < -0.4 is 0 Å². The van der Waals surface area contributed by atoms with Crippen molar-refractivity contribution in [3.8, 4) is 5.75 Å². The van der Waals surface area contributed by atoms with Crippen molar-refractivity contribution in [3.05, 3.63) is 28.8 Å². The summed E-state index contributed by atoms with van der Waals surface area (Å²) in [5, 5.41) is 20.0. The van der Waals surface area contributed by atoms with E-state index in [1.807, 2.05) is 6.92 Å². The molecule has 0 aliphatic heterocycles. The molecule has 1 aromatic carbocycles. The van der Waals surface area contributed by atoms with E-state index in [-0.39, 0.29) is 22.9 Å². The Morgan fingerprint density at radius 1 is 1.22 bits per heavy atom. The smallest absolute Gasteiger partial charge is 0.309 e. The number of phenols is 1. The standard InChI is InChI=1S/C19H24O4/c1-11(20)13-9-12-5-6-16-18(2,14(12)10-15(13)21)7-4-8-19(16,3)17(22)23/h9-10,16,21H,4-8H2,1-3H3,(H,22,23)/t16-,18-,19+/m0/s1. The van der Waals surface area contributed by atoms with E-state index >= 15 is 0 Å². The molecule has 0 radical (unpaired) electrons. The van der Waals surface area contributed by atoms with Gasteiger partial charge in [0.15, 0.2) is 5.78 Å². The van der Waals surface area contributed by atoms with Crippen LogP contribution in [-0.4, -0.2) is 22.0 Å². The second kappa shape index (κ2) is 5.08. The SMILES string of the molecule is CC(=O)c1cc2c(cc1O)[C@]1(C)CCC[C@@](C)(C(=O)O)[C@H]1CC2. The Bertz CT molecular complexity index is 693. The molecule has 124 valence electrons. The van der Waals surface area contributed by atoms with Crippen LogP contribution in [-0.2, 0) is 16.6 Å². The van der Waals surface area contributed by atoms with E-state index in [9.17, 15) is 19.8 Å². The third-order valence-electron chi connectivity index (χ3n) is 6.34. The van der Waals surface area contributed by atoms with E-state index in [2.05, 4.69) is 6.92 Å². The first-order valence-corrected chi connectivity index (χ1v) is 8.31. The number of aliphatic carboxylic acids is 1. The van der Waals surface area contributed by atoms with E-state index < -0.39 is 11.4 Å². The lowest BCUT2D eigenvalue weighted by molar-refractivity contribution is -0.157. The van der Waals surface area contributed by atoms with Crippen molar-refractivity contribution >= 4 is 11.8 Å². The van der Waals surface area contributed by atoms with Crippen molar-refractivity contribution in [1.82, 2.24) is 0 Å². The normalized spacial score (nSPS) is 32.7. The first-order valence-electron chi connectivity index (χ1n) is 8.31. The molecule has 1 saturated carbocycles. The lowest BCUT2D eigenvalue weighted by Gasteiger charge is -2.53. The van der Waals surface area contributed by atoms with E-state index in [0.29, 0.717) is 12.0 Å². The van der Waals surface area contributed by atoms with Gasteiger partial charge in [0.05, 0.1) is 11.0 Å². The minimum Gasteiger partial charge on any atom is -0.507 e. The number of hydrogen-bond donors (Lipinski definition) is 2. The van der Waals surface area contributed by atoms with E-state index in [0.717, 1.165) is 36.8 Å². The molecule has 2 N–H and O–H groups in total. The van der Waals surface area contributed by atoms with Crippen molar-refractivity contribution in [2.24, 2.45) is 11.3 Å². The Hall–Kier alpha value is -1.84. The number of carboxylic acid groups (broad SMARTS) is 1. The monoisotopic (exact) mass is 316 g/mol. The van der Waals surface area contributed by atoms with Gasteiger partial charge in [-0.3, -0.25) is 9.59 Å². The highest BCUT2D eigenvalue weighted by Gasteiger charge is 2.55. The Morgan fingerprint density at radius 3 is 2.52 bits per heavy atom. The molecule has 0 amide bonds. The van der Waals surface area contributed by atoms with Crippen LogP contribution in [0.2, 0.25) is 0 Å². The molecule has 1 aromatic rings. The average molecular weight is 316 g/mol. The Labute approximate surface area is 136 Å². The van der Waals surface area contributed by atoms with Gasteiger partial charge in [0.1, 0.15) is 5.75 Å². The summed E-state index contributed by atoms with van der Waals surface area (Å²) in [7, 11) is 0. The quantitative estimate of drug-likeness (QED) is 0.816. The van der Waals surface area contributed by atoms with Crippen LogP contribution in [0.4, 0.5) is 0 Å². The summed E-state index contributed by atoms with van der Waals surface area (Å²) in [6.45, 7) is 5.45. The molecule has 0 bridgehead atoms. The van der Waals surface area contributed by atoms with Crippen LogP contribution in [0.1, 0.15) is 67.9 Å². The van der Waals surface area contributed by atoms with Crippen LogP contribution in [0.25, 0.3) is 0 Å². The van der Waals surface area contributed by atoms with Crippen LogP contribution in [0, 0.1) is 11.3 Å². The lowest BCUT2D eigenvalue weighted by atomic mass is 9.50. The van der Waals surface area contributed by atoms with Gasteiger partial charge in [-0.05, 0) is 74.1 Å². The summed E-state index contributed by atoms with van der Waals surface area (Å²) in [4.78, 5) is 23.6. The third-order valence-corrected chi connectivity index (χ3v) is 6.34. The molecule has 2 aliphatic rings. The van der Waals surface area contributed by atoms with Crippen molar-refractivity contribution in [2.75, 3.05) is 0 Å². The number of phenolic OH excluding ortho intramolecular Hbond substituents is 1. The number of carboxylic acids is 1. The molecule has 0 saturated heterocycles. The second-order valence-corrected chi connectivity index (χ2v) is 7.67. The predicted molar refractivity (Wildman–Crippen MR) is 86.9 cm³/mol. The fourth-order valence-corrected chi connectivity index (χ4v) is 5.04. The van der Waals surface area contributed by atoms with Gasteiger partial charge in [0, 0.05) is 0 Å². The van der Waals surface area contributed by atoms with Crippen molar-refractivity contribution in [2.45, 2.75) is 58.3 Å². The fourth-order valence-electron chi connectivity index (χ4n) is 5.04. The van der Waals surface area contributed by atoms with E-state index in [1.165, 1.54) is 6.92 Å². The zero-order valence-electron chi connectivity index (χ0n) is 14.0. The van der Waals surface area contributed by atoms with Gasteiger partial charge in [-0.2, -0.15) is 0 Å². The number of hydrogen-bond acceptors (Lipinski definition) is 3. The number of ketones is 1. The molecule has 0 heterocycles. The Kier molecular flexibility index (Phi) is 3.54. The number of carbonyl (C=O) groups excluding carboxylic acids is 1. The van der Waals surface area contributed by atoms with Crippen molar-refractivity contribution < 1.29 is 19.8 Å². The van der Waals surface area contributed by atoms with E-state index in [4.69, 9.17) is 0 Å². The van der Waals surface area contributed by atoms with Gasteiger partial charge in [-0.15, -0.1) is 0 Å². The maximum atomic E-state index is 11.9. The number of Topliss-reactive ketones (excluding diaryl/α,β-unsaturated/α-hetero) is 1. The highest BCUT2D eigenvalue weighted by Crippen LogP contribution is 2.57. The van der Waals surface area contributed by atoms with Gasteiger partial charge in [0.25, 0.3) is 0 Å². The first kappa shape index (κ1) is 16.0. The number of aryl methyl sites for hydroxylation is 1. The highest BCUT2D eigenvalue weighted by atomic mass is 16.4. The van der Waals surface area contributed by atoms with Crippen molar-refractivity contribution in [3.63, 3.8) is 0 Å². The summed E-state index contributed by atoms with van der Waals surface area (Å²) in [6.07, 6.45) is 4.07. The zero-order chi connectivity index (χ0) is 17.0. The lowest BCUT2D eigenvalue weighted by Crippen LogP contribution is -2.52. The number of fused-ring (bicyclic) bond motifs is 3. The molecule has 23 heavy (non-hydrogen) atoms. The minimum atomic E-state index is -0.723. The van der Waals surface area contributed by atoms with Crippen LogP contribution in [0.3, 0.4) is 0 Å². The second-order valence-electron chi connectivity index (χ2n) is 7.67. The first-order chi connectivity index (χ1) is 10.7. The van der Waals surface area contributed by atoms with Gasteiger partial charge >= 0.3 is 5.97 Å². The topological polar surface area (TPSA) is 74.6 Å². The molecule has 4 nitrogen and oxygen atoms in total. The third kappa shape index (κ3) is 2.19. The molecule has 0 spiro atoms. The summed E-state index contributed by atoms with van der Waals surface area (Å²) < 4.78 is 0. The number of carbonyl (C=O) groups is 2. The summed E-state index contributed by atoms with van der Waals surface area (Å²) in [5.74, 6) is -0.796. The van der Waals surface area contributed by atoms with Gasteiger partial charge in [-0.25, -0.2) is 0 Å². The summed E-state index contributed by atoms with van der Waals surface area (Å²) in [5.41, 5.74) is 1.50. The molecule has 0 unspecified atom stereocenters. The molecule has 3 rings (SSSR count). The molecule has 2 aliphatic carbocycles. The highest BCUT2D eigenvalue weighted by molar-refractivity contribution is 5.97. The van der Waals surface area contributed by atoms with Gasteiger partial charge in [0.2, 0.25) is 0 Å². The Balaban J connectivity index is 2.15. The number of aromatic hydroxyl groups is 1. The summed E-state index contributed by atoms with van der Waals surface area (Å²) >= 11 is 0. The van der Waals surface area contributed by atoms with Crippen LogP contribution >= 0.6 is 0 Å². The maximum absolute atomic E-state index is 11.9. The number of rotatable bonds is 2. The predicted octanol–water partition coefficient (Wildman–Crippen LogP) is 3.69. The molecule has 0 aromatic heterocycles. The summed E-state index contributed by atoms with van der Waals surface area (Å²) in [6, 6.07) is 3.52. The Morgan fingerprint density at radius 2 is 1.91 bits per heavy atom. The van der Waals surface area contributed by atoms with Gasteiger partial charge in [-0.1, -0.05) is 13.3 Å². The van der Waals surface area contributed by atoms with Crippen molar-refractivity contribution in [1.29, 1.82) is 0 Å². The maximum Gasteiger partial charge on any atom is 0.309 e. The molecule has 1 fully saturated rings. The minimum absolute atomic E-state index is 0.0146. The molecular weight excluding hydrogens is 292 g/mol. The van der Waals surface area contributed by atoms with E-state index in [1.54, 1.807) is 12.1 Å². The zero-order valence-corrected chi connectivity index (χ0v) is 14.0. The van der Waals surface area contributed by atoms with Gasteiger partial charge < -0.3 is 10.2 Å². The molecule has 4 heteroatoms.